The maximum atomic E-state index is 12.6. The summed E-state index contributed by atoms with van der Waals surface area (Å²) in [5.74, 6) is 0. The number of alkyl halides is 3. The van der Waals surface area contributed by atoms with Crippen molar-refractivity contribution >= 4 is 22.8 Å². The van der Waals surface area contributed by atoms with E-state index in [-0.39, 0.29) is 23.0 Å². The van der Waals surface area contributed by atoms with Gasteiger partial charge in [0.1, 0.15) is 0 Å². The average molecular weight is 373 g/mol. The molecule has 0 spiro atoms. The molecule has 0 aliphatic rings. The number of hydrogen-bond donors (Lipinski definition) is 0. The number of aryl methyl sites for hydroxylation is 1. The molecular formula is C15H12ClF3N4O2. The summed E-state index contributed by atoms with van der Waals surface area (Å²) in [6.45, 7) is 0.0426. The Kier molecular flexibility index (Phi) is 3.98. The summed E-state index contributed by atoms with van der Waals surface area (Å²) in [5.41, 5.74) is -1.17. The molecular weight excluding hydrogens is 361 g/mol. The molecule has 0 radical (unpaired) electrons. The lowest BCUT2D eigenvalue weighted by molar-refractivity contribution is -0.137. The molecule has 0 atom stereocenters. The Hall–Kier alpha value is -2.55. The molecule has 2 heterocycles. The van der Waals surface area contributed by atoms with E-state index in [0.29, 0.717) is 5.56 Å². The van der Waals surface area contributed by atoms with Gasteiger partial charge in [-0.15, -0.1) is 0 Å². The second-order valence-corrected chi connectivity index (χ2v) is 5.88. The van der Waals surface area contributed by atoms with Crippen LogP contribution in [0.4, 0.5) is 13.2 Å². The first kappa shape index (κ1) is 17.3. The predicted octanol–water partition coefficient (Wildman–Crippen LogP) is 2.15. The van der Waals surface area contributed by atoms with Crippen molar-refractivity contribution in [2.75, 3.05) is 0 Å². The number of nitrogens with zero attached hydrogens (tertiary/aromatic N) is 4. The van der Waals surface area contributed by atoms with Crippen LogP contribution in [0, 0.1) is 0 Å². The van der Waals surface area contributed by atoms with Crippen molar-refractivity contribution in [1.29, 1.82) is 0 Å². The molecule has 0 fully saturated rings. The van der Waals surface area contributed by atoms with Gasteiger partial charge >= 0.3 is 11.9 Å². The molecule has 132 valence electrons. The molecule has 0 aliphatic heterocycles. The van der Waals surface area contributed by atoms with Crippen LogP contribution in [0.15, 0.2) is 33.9 Å². The van der Waals surface area contributed by atoms with Crippen molar-refractivity contribution in [2.45, 2.75) is 12.7 Å². The van der Waals surface area contributed by atoms with Gasteiger partial charge in [-0.1, -0.05) is 12.1 Å². The van der Waals surface area contributed by atoms with Gasteiger partial charge in [0.2, 0.25) is 5.28 Å². The summed E-state index contributed by atoms with van der Waals surface area (Å²) in [4.78, 5) is 28.4. The Bertz CT molecular complexity index is 1080. The molecule has 0 aliphatic carbocycles. The van der Waals surface area contributed by atoms with Crippen molar-refractivity contribution < 1.29 is 13.2 Å². The number of rotatable bonds is 2. The van der Waals surface area contributed by atoms with Crippen LogP contribution in [-0.4, -0.2) is 18.7 Å². The smallest absolute Gasteiger partial charge is 0.304 e. The Morgan fingerprint density at radius 1 is 1.08 bits per heavy atom. The molecule has 0 saturated carbocycles. The third-order valence-electron chi connectivity index (χ3n) is 3.92. The van der Waals surface area contributed by atoms with Gasteiger partial charge in [-0.3, -0.25) is 13.9 Å². The van der Waals surface area contributed by atoms with E-state index in [9.17, 15) is 22.8 Å². The first-order chi connectivity index (χ1) is 11.6. The minimum Gasteiger partial charge on any atom is -0.304 e. The molecule has 6 nitrogen and oxygen atoms in total. The summed E-state index contributed by atoms with van der Waals surface area (Å²) in [6, 6.07) is 4.52. The van der Waals surface area contributed by atoms with Gasteiger partial charge in [-0.2, -0.15) is 18.2 Å². The van der Waals surface area contributed by atoms with E-state index in [2.05, 4.69) is 4.98 Å². The largest absolute Gasteiger partial charge is 0.416 e. The molecule has 0 saturated heterocycles. The highest BCUT2D eigenvalue weighted by atomic mass is 35.5. The fourth-order valence-corrected chi connectivity index (χ4v) is 2.77. The first-order valence-electron chi connectivity index (χ1n) is 7.09. The van der Waals surface area contributed by atoms with E-state index >= 15 is 0 Å². The molecule has 10 heteroatoms. The van der Waals surface area contributed by atoms with Gasteiger partial charge in [-0.05, 0) is 29.3 Å². The Morgan fingerprint density at radius 3 is 2.24 bits per heavy atom. The fraction of sp³-hybridized carbons (Fsp3) is 0.267. The highest BCUT2D eigenvalue weighted by Crippen LogP contribution is 2.29. The van der Waals surface area contributed by atoms with E-state index in [1.807, 2.05) is 0 Å². The van der Waals surface area contributed by atoms with Gasteiger partial charge in [0.25, 0.3) is 5.56 Å². The van der Waals surface area contributed by atoms with Gasteiger partial charge in [0, 0.05) is 14.1 Å². The summed E-state index contributed by atoms with van der Waals surface area (Å²) in [7, 11) is 2.78. The zero-order valence-electron chi connectivity index (χ0n) is 13.1. The lowest BCUT2D eigenvalue weighted by atomic mass is 10.1. The summed E-state index contributed by atoms with van der Waals surface area (Å²) < 4.78 is 41.4. The zero-order chi connectivity index (χ0) is 18.5. The average Bonchev–Trinajstić information content (AvgIpc) is 2.87. The first-order valence-corrected chi connectivity index (χ1v) is 7.47. The van der Waals surface area contributed by atoms with Crippen molar-refractivity contribution in [3.63, 3.8) is 0 Å². The Balaban J connectivity index is 2.13. The highest BCUT2D eigenvalue weighted by Gasteiger charge is 2.30. The third-order valence-corrected chi connectivity index (χ3v) is 4.21. The molecule has 2 aromatic heterocycles. The van der Waals surface area contributed by atoms with Gasteiger partial charge < -0.3 is 4.57 Å². The van der Waals surface area contributed by atoms with E-state index in [1.165, 1.54) is 35.4 Å². The predicted molar refractivity (Wildman–Crippen MR) is 85.8 cm³/mol. The van der Waals surface area contributed by atoms with E-state index in [1.54, 1.807) is 0 Å². The van der Waals surface area contributed by atoms with Gasteiger partial charge in [0.05, 0.1) is 12.1 Å². The van der Waals surface area contributed by atoms with Crippen LogP contribution in [0.1, 0.15) is 11.1 Å². The number of aromatic nitrogens is 4. The van der Waals surface area contributed by atoms with Crippen molar-refractivity contribution in [3.05, 3.63) is 61.5 Å². The topological polar surface area (TPSA) is 61.8 Å². The van der Waals surface area contributed by atoms with E-state index < -0.39 is 23.0 Å². The number of fused-ring (bicyclic) bond motifs is 1. The SMILES string of the molecule is Cn1c(=O)c2c(nc(Cl)n2Cc2ccc(C(F)(F)F)cc2)n(C)c1=O. The molecule has 0 bridgehead atoms. The number of halogens is 4. The molecule has 0 unspecified atom stereocenters. The molecule has 25 heavy (non-hydrogen) atoms. The maximum Gasteiger partial charge on any atom is 0.416 e. The third kappa shape index (κ3) is 2.84. The van der Waals surface area contributed by atoms with Crippen LogP contribution < -0.4 is 11.2 Å². The van der Waals surface area contributed by atoms with Crippen LogP contribution in [0.3, 0.4) is 0 Å². The Labute approximate surface area is 143 Å². The van der Waals surface area contributed by atoms with Crippen LogP contribution in [0.25, 0.3) is 11.2 Å². The Morgan fingerprint density at radius 2 is 1.68 bits per heavy atom. The van der Waals surface area contributed by atoms with Crippen LogP contribution in [0.5, 0.6) is 0 Å². The molecule has 0 amide bonds. The second-order valence-electron chi connectivity index (χ2n) is 5.54. The highest BCUT2D eigenvalue weighted by molar-refractivity contribution is 6.29. The summed E-state index contributed by atoms with van der Waals surface area (Å²) in [5, 5.41) is -0.0341. The van der Waals surface area contributed by atoms with Crippen molar-refractivity contribution in [2.24, 2.45) is 14.1 Å². The molecule has 0 N–H and O–H groups in total. The lowest BCUT2D eigenvalue weighted by Crippen LogP contribution is -2.37. The van der Waals surface area contributed by atoms with E-state index in [4.69, 9.17) is 11.6 Å². The standard InChI is InChI=1S/C15H12ClF3N4O2/c1-21-11-10(12(24)22(2)14(21)25)23(13(16)20-11)7-8-3-5-9(6-4-8)15(17,18)19/h3-6H,7H2,1-2H3. The minimum atomic E-state index is -4.42. The van der Waals surface area contributed by atoms with Crippen molar-refractivity contribution in [3.8, 4) is 0 Å². The van der Waals surface area contributed by atoms with E-state index in [0.717, 1.165) is 16.7 Å². The number of hydrogen-bond acceptors (Lipinski definition) is 3. The fourth-order valence-electron chi connectivity index (χ4n) is 2.55. The van der Waals surface area contributed by atoms with Crippen LogP contribution in [-0.2, 0) is 26.8 Å². The van der Waals surface area contributed by atoms with Crippen LogP contribution >= 0.6 is 11.6 Å². The summed E-state index contributed by atoms with van der Waals surface area (Å²) >= 11 is 6.08. The maximum absolute atomic E-state index is 12.6. The van der Waals surface area contributed by atoms with Gasteiger partial charge in [-0.25, -0.2) is 4.79 Å². The quantitative estimate of drug-likeness (QED) is 0.648. The van der Waals surface area contributed by atoms with Crippen molar-refractivity contribution in [1.82, 2.24) is 18.7 Å². The second kappa shape index (κ2) is 5.76. The number of imidazole rings is 1. The summed E-state index contributed by atoms with van der Waals surface area (Å²) in [6.07, 6.45) is -4.42. The lowest BCUT2D eigenvalue weighted by Gasteiger charge is -2.10. The van der Waals surface area contributed by atoms with Gasteiger partial charge in [0.15, 0.2) is 11.2 Å². The molecule has 1 aromatic carbocycles. The molecule has 3 rings (SSSR count). The molecule has 3 aromatic rings. The minimum absolute atomic E-state index is 0.0341. The van der Waals surface area contributed by atoms with Crippen LogP contribution in [0.2, 0.25) is 5.28 Å². The monoisotopic (exact) mass is 372 g/mol. The zero-order valence-corrected chi connectivity index (χ0v) is 13.9. The number of benzene rings is 1. The normalized spacial score (nSPS) is 12.1.